The molecule has 128 valence electrons. The van der Waals surface area contributed by atoms with Gasteiger partial charge >= 0.3 is 0 Å². The fraction of sp³-hybridized carbons (Fsp3) is 0.562. The van der Waals surface area contributed by atoms with Crippen molar-refractivity contribution >= 4 is 16.1 Å². The fourth-order valence-corrected chi connectivity index (χ4v) is 3.51. The third kappa shape index (κ3) is 5.93. The van der Waals surface area contributed by atoms with Gasteiger partial charge in [0.05, 0.1) is 6.54 Å². The Hall–Kier alpha value is -1.44. The van der Waals surface area contributed by atoms with Crippen LogP contribution in [0.15, 0.2) is 30.3 Å². The van der Waals surface area contributed by atoms with Crippen LogP contribution in [0.3, 0.4) is 0 Å². The highest BCUT2D eigenvalue weighted by atomic mass is 32.2. The molecule has 1 amide bonds. The molecule has 1 fully saturated rings. The lowest BCUT2D eigenvalue weighted by molar-refractivity contribution is -0.121. The quantitative estimate of drug-likeness (QED) is 0.691. The van der Waals surface area contributed by atoms with Crippen LogP contribution in [0.25, 0.3) is 0 Å². The highest BCUT2D eigenvalue weighted by molar-refractivity contribution is 7.87. The lowest BCUT2D eigenvalue weighted by Crippen LogP contribution is -2.48. The average Bonchev–Trinajstić information content (AvgIpc) is 2.56. The van der Waals surface area contributed by atoms with Gasteiger partial charge in [-0.05, 0) is 30.7 Å². The average molecular weight is 339 g/mol. The van der Waals surface area contributed by atoms with E-state index in [4.69, 9.17) is 0 Å². The molecule has 0 spiro atoms. The van der Waals surface area contributed by atoms with Crippen molar-refractivity contribution in [3.63, 3.8) is 0 Å². The molecule has 6 nitrogen and oxygen atoms in total. The minimum absolute atomic E-state index is 0.107. The van der Waals surface area contributed by atoms with E-state index in [0.717, 1.165) is 25.7 Å². The first-order valence-electron chi connectivity index (χ1n) is 8.01. The highest BCUT2D eigenvalue weighted by Crippen LogP contribution is 2.27. The minimum atomic E-state index is -3.58. The van der Waals surface area contributed by atoms with Gasteiger partial charge < -0.3 is 5.32 Å². The van der Waals surface area contributed by atoms with E-state index in [1.807, 2.05) is 18.2 Å². The number of carbonyl (C=O) groups is 1. The van der Waals surface area contributed by atoms with E-state index in [1.165, 1.54) is 19.0 Å². The van der Waals surface area contributed by atoms with Crippen molar-refractivity contribution in [2.45, 2.75) is 38.1 Å². The number of nitrogens with one attached hydrogen (secondary N) is 3. The van der Waals surface area contributed by atoms with Gasteiger partial charge in [-0.1, -0.05) is 43.2 Å². The first-order chi connectivity index (χ1) is 11.0. The summed E-state index contributed by atoms with van der Waals surface area (Å²) in [5.41, 5.74) is 1.27. The van der Waals surface area contributed by atoms with Crippen molar-refractivity contribution in [3.8, 4) is 0 Å². The SMILES string of the molecule is CNS(=O)(=O)NCC(=O)N[C@@H]1CCCC[C@@H]1Cc1ccccc1. The number of hydrogen-bond acceptors (Lipinski definition) is 3. The topological polar surface area (TPSA) is 87.3 Å². The molecular formula is C16H25N3O3S. The molecule has 0 unspecified atom stereocenters. The molecule has 23 heavy (non-hydrogen) atoms. The van der Waals surface area contributed by atoms with Gasteiger partial charge in [0.15, 0.2) is 0 Å². The minimum Gasteiger partial charge on any atom is -0.352 e. The maximum Gasteiger partial charge on any atom is 0.277 e. The van der Waals surface area contributed by atoms with E-state index in [9.17, 15) is 13.2 Å². The lowest BCUT2D eigenvalue weighted by atomic mass is 9.80. The van der Waals surface area contributed by atoms with E-state index in [-0.39, 0.29) is 18.5 Å². The van der Waals surface area contributed by atoms with Gasteiger partial charge in [-0.25, -0.2) is 4.72 Å². The summed E-state index contributed by atoms with van der Waals surface area (Å²) in [6.45, 7) is -0.238. The molecular weight excluding hydrogens is 314 g/mol. The van der Waals surface area contributed by atoms with Crippen molar-refractivity contribution < 1.29 is 13.2 Å². The van der Waals surface area contributed by atoms with Crippen molar-refractivity contribution in [1.29, 1.82) is 0 Å². The maximum atomic E-state index is 12.0. The summed E-state index contributed by atoms with van der Waals surface area (Å²) in [4.78, 5) is 12.0. The maximum absolute atomic E-state index is 12.0. The van der Waals surface area contributed by atoms with Crippen molar-refractivity contribution in [2.24, 2.45) is 5.92 Å². The summed E-state index contributed by atoms with van der Waals surface area (Å²) in [5, 5.41) is 2.99. The Labute approximate surface area is 138 Å². The largest absolute Gasteiger partial charge is 0.352 e. The molecule has 1 aromatic carbocycles. The molecule has 1 saturated carbocycles. The van der Waals surface area contributed by atoms with Crippen LogP contribution in [0, 0.1) is 5.92 Å². The van der Waals surface area contributed by atoms with Crippen LogP contribution < -0.4 is 14.8 Å². The summed E-state index contributed by atoms with van der Waals surface area (Å²) in [5.74, 6) is 0.116. The monoisotopic (exact) mass is 339 g/mol. The summed E-state index contributed by atoms with van der Waals surface area (Å²) >= 11 is 0. The molecule has 0 saturated heterocycles. The molecule has 1 aromatic rings. The van der Waals surface area contributed by atoms with Crippen LogP contribution in [-0.4, -0.2) is 34.0 Å². The van der Waals surface area contributed by atoms with E-state index in [0.29, 0.717) is 5.92 Å². The van der Waals surface area contributed by atoms with Gasteiger partial charge in [-0.2, -0.15) is 13.1 Å². The molecule has 1 aliphatic carbocycles. The molecule has 2 atom stereocenters. The molecule has 3 N–H and O–H groups in total. The Morgan fingerprint density at radius 3 is 2.57 bits per heavy atom. The smallest absolute Gasteiger partial charge is 0.277 e. The van der Waals surface area contributed by atoms with E-state index >= 15 is 0 Å². The summed E-state index contributed by atoms with van der Waals surface area (Å²) in [6.07, 6.45) is 5.24. The third-order valence-corrected chi connectivity index (χ3v) is 5.35. The van der Waals surface area contributed by atoms with Gasteiger partial charge in [0.2, 0.25) is 5.91 Å². The van der Waals surface area contributed by atoms with Gasteiger partial charge in [0.25, 0.3) is 10.2 Å². The molecule has 2 rings (SSSR count). The van der Waals surface area contributed by atoms with Crippen molar-refractivity contribution in [3.05, 3.63) is 35.9 Å². The van der Waals surface area contributed by atoms with Crippen LogP contribution in [-0.2, 0) is 21.4 Å². The Morgan fingerprint density at radius 1 is 1.17 bits per heavy atom. The van der Waals surface area contributed by atoms with Crippen LogP contribution in [0.5, 0.6) is 0 Å². The zero-order chi connectivity index (χ0) is 16.7. The Balaban J connectivity index is 1.89. The zero-order valence-electron chi connectivity index (χ0n) is 13.4. The first-order valence-corrected chi connectivity index (χ1v) is 9.50. The number of amides is 1. The highest BCUT2D eigenvalue weighted by Gasteiger charge is 2.26. The lowest BCUT2D eigenvalue weighted by Gasteiger charge is -2.32. The van der Waals surface area contributed by atoms with Crippen LogP contribution in [0.1, 0.15) is 31.2 Å². The van der Waals surface area contributed by atoms with E-state index < -0.39 is 10.2 Å². The Bertz CT molecular complexity index is 604. The number of benzene rings is 1. The standard InChI is InChI=1S/C16H25N3O3S/c1-17-23(21,22)18-12-16(20)19-15-10-6-5-9-14(15)11-13-7-3-2-4-8-13/h2-4,7-8,14-15,17-18H,5-6,9-12H2,1H3,(H,19,20)/t14-,15-/m1/s1. The van der Waals surface area contributed by atoms with Gasteiger partial charge in [-0.3, -0.25) is 4.79 Å². The Morgan fingerprint density at radius 2 is 1.87 bits per heavy atom. The predicted molar refractivity (Wildman–Crippen MR) is 90.0 cm³/mol. The van der Waals surface area contributed by atoms with Crippen LogP contribution in [0.2, 0.25) is 0 Å². The first kappa shape index (κ1) is 17.9. The summed E-state index contributed by atoms with van der Waals surface area (Å²) < 4.78 is 26.9. The number of hydrogen-bond donors (Lipinski definition) is 3. The van der Waals surface area contributed by atoms with E-state index in [2.05, 4.69) is 26.9 Å². The van der Waals surface area contributed by atoms with Crippen LogP contribution in [0.4, 0.5) is 0 Å². The molecule has 0 radical (unpaired) electrons. The molecule has 0 aliphatic heterocycles. The normalized spacial score (nSPS) is 21.8. The summed E-state index contributed by atoms with van der Waals surface area (Å²) in [6, 6.07) is 10.4. The van der Waals surface area contributed by atoms with Gasteiger partial charge in [0, 0.05) is 13.1 Å². The zero-order valence-corrected chi connectivity index (χ0v) is 14.2. The fourth-order valence-electron chi connectivity index (χ4n) is 3.05. The molecule has 0 bridgehead atoms. The Kier molecular flexibility index (Phi) is 6.56. The second-order valence-electron chi connectivity index (χ2n) is 5.94. The predicted octanol–water partition coefficient (Wildman–Crippen LogP) is 0.958. The molecule has 0 aromatic heterocycles. The number of rotatable bonds is 7. The molecule has 1 aliphatic rings. The molecule has 0 heterocycles. The third-order valence-electron chi connectivity index (χ3n) is 4.29. The second kappa shape index (κ2) is 8.42. The van der Waals surface area contributed by atoms with Crippen molar-refractivity contribution in [2.75, 3.05) is 13.6 Å². The number of carbonyl (C=O) groups excluding carboxylic acids is 1. The van der Waals surface area contributed by atoms with Crippen molar-refractivity contribution in [1.82, 2.24) is 14.8 Å². The van der Waals surface area contributed by atoms with Gasteiger partial charge in [-0.15, -0.1) is 0 Å². The van der Waals surface area contributed by atoms with Crippen LogP contribution >= 0.6 is 0 Å². The van der Waals surface area contributed by atoms with E-state index in [1.54, 1.807) is 0 Å². The second-order valence-corrected chi connectivity index (χ2v) is 7.64. The molecule has 7 heteroatoms. The van der Waals surface area contributed by atoms with Gasteiger partial charge in [0.1, 0.15) is 0 Å². The summed E-state index contributed by atoms with van der Waals surface area (Å²) in [7, 11) is -2.28.